The van der Waals surface area contributed by atoms with Crippen LogP contribution >= 0.6 is 0 Å². The van der Waals surface area contributed by atoms with E-state index in [4.69, 9.17) is 0 Å². The summed E-state index contributed by atoms with van der Waals surface area (Å²) in [6.07, 6.45) is 2.83. The number of nitrogens with one attached hydrogen (secondary N) is 1. The van der Waals surface area contributed by atoms with E-state index in [9.17, 15) is 0 Å². The Balaban J connectivity index is 1.73. The van der Waals surface area contributed by atoms with Crippen LogP contribution in [0.1, 0.15) is 12.8 Å². The van der Waals surface area contributed by atoms with Gasteiger partial charge >= 0.3 is 0 Å². The molecule has 2 fully saturated rings. The molecule has 0 atom stereocenters. The molecule has 2 aliphatic rings. The first kappa shape index (κ1) is 7.53. The van der Waals surface area contributed by atoms with Gasteiger partial charge in [-0.1, -0.05) is 0 Å². The number of rotatable bonds is 2. The fourth-order valence-electron chi connectivity index (χ4n) is 1.98. The third-order valence-corrected chi connectivity index (χ3v) is 2.84. The van der Waals surface area contributed by atoms with E-state index in [1.54, 1.807) is 0 Å². The summed E-state index contributed by atoms with van der Waals surface area (Å²) in [5, 5.41) is 2.27. The monoisotopic (exact) mass is 155 g/mol. The molecule has 0 amide bonds. The lowest BCUT2D eigenvalue weighted by atomic mass is 10.1. The maximum Gasteiger partial charge on any atom is 0.0378 e. The van der Waals surface area contributed by atoms with Crippen LogP contribution in [0.4, 0.5) is 0 Å². The Labute approximate surface area is 68.3 Å². The Morgan fingerprint density at radius 3 is 2.36 bits per heavy atom. The highest BCUT2D eigenvalue weighted by Gasteiger charge is 2.31. The summed E-state index contributed by atoms with van der Waals surface area (Å²) in [6, 6.07) is 0.852. The molecule has 0 bridgehead atoms. The van der Waals surface area contributed by atoms with E-state index < -0.39 is 0 Å². The van der Waals surface area contributed by atoms with Gasteiger partial charge in [-0.05, 0) is 33.0 Å². The highest BCUT2D eigenvalue weighted by molar-refractivity contribution is 4.87. The highest BCUT2D eigenvalue weighted by Crippen LogP contribution is 2.17. The van der Waals surface area contributed by atoms with Crippen molar-refractivity contribution in [3.05, 3.63) is 0 Å². The molecule has 0 aromatic heterocycles. The predicted molar refractivity (Wildman–Crippen MR) is 45.2 cm³/mol. The first-order valence-electron chi connectivity index (χ1n) is 4.56. The second-order valence-electron chi connectivity index (χ2n) is 3.53. The van der Waals surface area contributed by atoms with Gasteiger partial charge in [-0.2, -0.15) is 0 Å². The van der Waals surface area contributed by atoms with Gasteiger partial charge in [0.2, 0.25) is 0 Å². The molecule has 0 aromatic carbocycles. The molecule has 3 nitrogen and oxygen atoms in total. The summed E-state index contributed by atoms with van der Waals surface area (Å²) in [6.45, 7) is 5.11. The molecule has 0 saturated carbocycles. The second-order valence-corrected chi connectivity index (χ2v) is 3.53. The largest absolute Gasteiger partial charge is 0.298 e. The van der Waals surface area contributed by atoms with Crippen molar-refractivity contribution in [3.8, 4) is 0 Å². The Kier molecular flexibility index (Phi) is 2.11. The lowest BCUT2D eigenvalue weighted by Gasteiger charge is -2.43. The fraction of sp³-hybridized carbons (Fsp3) is 1.00. The van der Waals surface area contributed by atoms with Crippen molar-refractivity contribution in [1.29, 1.82) is 0 Å². The van der Waals surface area contributed by atoms with Crippen LogP contribution in [-0.2, 0) is 0 Å². The molecular weight excluding hydrogens is 138 g/mol. The van der Waals surface area contributed by atoms with E-state index in [2.05, 4.69) is 15.3 Å². The van der Waals surface area contributed by atoms with Gasteiger partial charge in [0.25, 0.3) is 0 Å². The number of hydrogen-bond donors (Lipinski definition) is 1. The third kappa shape index (κ3) is 1.41. The zero-order chi connectivity index (χ0) is 7.68. The highest BCUT2D eigenvalue weighted by atomic mass is 15.5. The molecule has 0 spiro atoms. The minimum Gasteiger partial charge on any atom is -0.298 e. The summed E-state index contributed by atoms with van der Waals surface area (Å²) in [4.78, 5) is 2.62. The van der Waals surface area contributed by atoms with Crippen molar-refractivity contribution in [2.24, 2.45) is 0 Å². The predicted octanol–water partition coefficient (Wildman–Crippen LogP) is -0.0992. The molecule has 0 aromatic rings. The van der Waals surface area contributed by atoms with E-state index in [0.717, 1.165) is 6.04 Å². The lowest BCUT2D eigenvalue weighted by Crippen LogP contribution is -2.62. The van der Waals surface area contributed by atoms with Crippen molar-refractivity contribution in [2.45, 2.75) is 18.9 Å². The van der Waals surface area contributed by atoms with Crippen molar-refractivity contribution in [2.75, 3.05) is 33.2 Å². The molecule has 2 rings (SSSR count). The third-order valence-electron chi connectivity index (χ3n) is 2.84. The number of hydrazine groups is 1. The Bertz CT molecular complexity index is 125. The second kappa shape index (κ2) is 3.09. The van der Waals surface area contributed by atoms with Crippen LogP contribution in [0.25, 0.3) is 0 Å². The molecule has 1 N–H and O–H groups in total. The van der Waals surface area contributed by atoms with Crippen LogP contribution in [-0.4, -0.2) is 49.2 Å². The number of likely N-dealkylation sites (tertiary alicyclic amines) is 1. The standard InChI is InChI=1S/C8H17N3/c1-9-11-6-8(7-11)10-4-2-3-5-10/h8-9H,2-7H2,1H3. The van der Waals surface area contributed by atoms with Gasteiger partial charge in [-0.15, -0.1) is 0 Å². The molecule has 2 saturated heterocycles. The Hall–Kier alpha value is -0.120. The van der Waals surface area contributed by atoms with E-state index in [-0.39, 0.29) is 0 Å². The summed E-state index contributed by atoms with van der Waals surface area (Å²) in [7, 11) is 2.00. The molecule has 2 aliphatic heterocycles. The van der Waals surface area contributed by atoms with Crippen LogP contribution in [0.5, 0.6) is 0 Å². The summed E-state index contributed by atoms with van der Waals surface area (Å²) in [5.41, 5.74) is 3.16. The van der Waals surface area contributed by atoms with Gasteiger partial charge in [0.1, 0.15) is 0 Å². The van der Waals surface area contributed by atoms with Crippen molar-refractivity contribution < 1.29 is 0 Å². The smallest absolute Gasteiger partial charge is 0.0378 e. The Morgan fingerprint density at radius 1 is 1.18 bits per heavy atom. The average molecular weight is 155 g/mol. The minimum absolute atomic E-state index is 0.852. The minimum atomic E-state index is 0.852. The molecule has 11 heavy (non-hydrogen) atoms. The Morgan fingerprint density at radius 2 is 1.82 bits per heavy atom. The maximum absolute atomic E-state index is 3.16. The van der Waals surface area contributed by atoms with Crippen molar-refractivity contribution in [1.82, 2.24) is 15.3 Å². The molecule has 2 heterocycles. The van der Waals surface area contributed by atoms with Crippen LogP contribution in [0, 0.1) is 0 Å². The average Bonchev–Trinajstić information content (AvgIpc) is 2.37. The molecule has 0 radical (unpaired) electrons. The van der Waals surface area contributed by atoms with Gasteiger partial charge < -0.3 is 0 Å². The van der Waals surface area contributed by atoms with E-state index in [1.807, 2.05) is 7.05 Å². The zero-order valence-corrected chi connectivity index (χ0v) is 7.21. The number of nitrogens with zero attached hydrogens (tertiary/aromatic N) is 2. The normalized spacial score (nSPS) is 29.2. The van der Waals surface area contributed by atoms with Gasteiger partial charge in [-0.3, -0.25) is 10.3 Å². The summed E-state index contributed by atoms with van der Waals surface area (Å²) >= 11 is 0. The van der Waals surface area contributed by atoms with Crippen molar-refractivity contribution in [3.63, 3.8) is 0 Å². The maximum atomic E-state index is 3.16. The van der Waals surface area contributed by atoms with E-state index >= 15 is 0 Å². The van der Waals surface area contributed by atoms with Gasteiger partial charge in [-0.25, -0.2) is 5.01 Å². The number of hydrogen-bond acceptors (Lipinski definition) is 3. The van der Waals surface area contributed by atoms with Crippen LogP contribution < -0.4 is 5.43 Å². The fourth-order valence-corrected chi connectivity index (χ4v) is 1.98. The van der Waals surface area contributed by atoms with Gasteiger partial charge in [0.05, 0.1) is 0 Å². The van der Waals surface area contributed by atoms with Crippen molar-refractivity contribution >= 4 is 0 Å². The van der Waals surface area contributed by atoms with Gasteiger partial charge in [0.15, 0.2) is 0 Å². The summed E-state index contributed by atoms with van der Waals surface area (Å²) < 4.78 is 0. The quantitative estimate of drug-likeness (QED) is 0.601. The van der Waals surface area contributed by atoms with Crippen LogP contribution in [0.2, 0.25) is 0 Å². The topological polar surface area (TPSA) is 18.5 Å². The van der Waals surface area contributed by atoms with Crippen LogP contribution in [0.15, 0.2) is 0 Å². The lowest BCUT2D eigenvalue weighted by molar-refractivity contribution is 0.0159. The van der Waals surface area contributed by atoms with E-state index in [1.165, 1.54) is 39.0 Å². The SMILES string of the molecule is CNN1CC(N2CCCC2)C1. The molecule has 0 unspecified atom stereocenters. The molecule has 0 aliphatic carbocycles. The molecule has 3 heteroatoms. The van der Waals surface area contributed by atoms with Crippen LogP contribution in [0.3, 0.4) is 0 Å². The zero-order valence-electron chi connectivity index (χ0n) is 7.21. The first-order chi connectivity index (χ1) is 5.40. The molecule has 64 valence electrons. The van der Waals surface area contributed by atoms with Gasteiger partial charge in [0, 0.05) is 19.1 Å². The molecular formula is C8H17N3. The van der Waals surface area contributed by atoms with E-state index in [0.29, 0.717) is 0 Å². The first-order valence-corrected chi connectivity index (χ1v) is 4.56. The summed E-state index contributed by atoms with van der Waals surface area (Å²) in [5.74, 6) is 0.